The summed E-state index contributed by atoms with van der Waals surface area (Å²) < 4.78 is 36.5. The van der Waals surface area contributed by atoms with Gasteiger partial charge >= 0.3 is 42.8 Å². The summed E-state index contributed by atoms with van der Waals surface area (Å²) in [6.45, 7) is 12.7. The van der Waals surface area contributed by atoms with Crippen LogP contribution in [0.15, 0.2) is 121 Å². The van der Waals surface area contributed by atoms with Gasteiger partial charge in [0.2, 0.25) is 0 Å². The van der Waals surface area contributed by atoms with E-state index in [9.17, 15) is 0 Å². The Bertz CT molecular complexity index is 1220. The van der Waals surface area contributed by atoms with Crippen molar-refractivity contribution in [3.8, 4) is 0 Å². The summed E-state index contributed by atoms with van der Waals surface area (Å²) in [5.74, 6) is 0. The maximum absolute atomic E-state index is 7.84. The van der Waals surface area contributed by atoms with Crippen LogP contribution in [-0.2, 0) is 20.6 Å². The van der Waals surface area contributed by atoms with E-state index in [4.69, 9.17) is 20.6 Å². The number of benzene rings is 4. The summed E-state index contributed by atoms with van der Waals surface area (Å²) in [4.78, 5) is 0. The lowest BCUT2D eigenvalue weighted by Gasteiger charge is -2.50. The molecule has 0 spiro atoms. The van der Waals surface area contributed by atoms with Crippen LogP contribution in [0.3, 0.4) is 0 Å². The van der Waals surface area contributed by atoms with E-state index >= 15 is 0 Å². The minimum absolute atomic E-state index is 1.03. The molecule has 0 N–H and O–H groups in total. The lowest BCUT2D eigenvalue weighted by molar-refractivity contribution is 0.250. The Morgan fingerprint density at radius 3 is 0.775 bits per heavy atom. The molecule has 5 nitrogen and oxygen atoms in total. The van der Waals surface area contributed by atoms with Crippen molar-refractivity contribution in [3.63, 3.8) is 0 Å². The van der Waals surface area contributed by atoms with Crippen molar-refractivity contribution >= 4 is 63.6 Å². The third-order valence-electron chi connectivity index (χ3n) is 6.66. The number of hydrogen-bond donors (Lipinski definition) is 0. The average molecular weight is 619 g/mol. The molecule has 5 rings (SSSR count). The first-order valence-electron chi connectivity index (χ1n) is 13.7. The molecule has 0 amide bonds. The molecule has 0 saturated carbocycles. The third-order valence-corrected chi connectivity index (χ3v) is 27.4. The Hall–Kier alpha value is -2.24. The second-order valence-electron chi connectivity index (χ2n) is 11.4. The largest absolute Gasteiger partial charge is 0.416 e. The Labute approximate surface area is 243 Å². The van der Waals surface area contributed by atoms with Crippen LogP contribution in [0.5, 0.6) is 0 Å². The molecule has 0 bridgehead atoms. The zero-order valence-corrected chi connectivity index (χ0v) is 29.1. The van der Waals surface area contributed by atoms with Gasteiger partial charge in [-0.15, -0.1) is 0 Å². The van der Waals surface area contributed by atoms with Crippen molar-refractivity contribution in [2.24, 2.45) is 0 Å². The Morgan fingerprint density at radius 2 is 0.525 bits per heavy atom. The lowest BCUT2D eigenvalue weighted by Crippen LogP contribution is -2.79. The van der Waals surface area contributed by atoms with Gasteiger partial charge in [0, 0.05) is 0 Å². The molecule has 1 aliphatic heterocycles. The lowest BCUT2D eigenvalue weighted by atomic mass is 10.4. The fourth-order valence-corrected chi connectivity index (χ4v) is 31.9. The van der Waals surface area contributed by atoms with Crippen LogP contribution in [0.4, 0.5) is 0 Å². The topological polar surface area (TPSA) is 46.2 Å². The first kappa shape index (κ1) is 29.3. The maximum atomic E-state index is 7.84. The summed E-state index contributed by atoms with van der Waals surface area (Å²) in [6, 6.07) is 41.7. The van der Waals surface area contributed by atoms with Crippen molar-refractivity contribution in [2.75, 3.05) is 0 Å². The highest BCUT2D eigenvalue weighted by Crippen LogP contribution is 2.31. The molecule has 40 heavy (non-hydrogen) atoms. The Balaban J connectivity index is 1.90. The number of rotatable bonds is 4. The van der Waals surface area contributed by atoms with Gasteiger partial charge < -0.3 is 20.6 Å². The predicted molar refractivity (Wildman–Crippen MR) is 174 cm³/mol. The van der Waals surface area contributed by atoms with Gasteiger partial charge in [-0.3, -0.25) is 0 Å². The quantitative estimate of drug-likeness (QED) is 0.311. The summed E-state index contributed by atoms with van der Waals surface area (Å²) >= 11 is 0. The molecule has 0 radical (unpaired) electrons. The minimum Gasteiger partial charge on any atom is -0.416 e. The number of hydrogen-bond acceptors (Lipinski definition) is 5. The predicted octanol–water partition coefficient (Wildman–Crippen LogP) is 4.70. The fourth-order valence-electron chi connectivity index (χ4n) is 5.62. The summed E-state index contributed by atoms with van der Waals surface area (Å²) in [6.07, 6.45) is 0. The minimum atomic E-state index is -3.47. The molecule has 0 unspecified atom stereocenters. The van der Waals surface area contributed by atoms with Crippen LogP contribution in [-0.4, -0.2) is 42.8 Å². The summed E-state index contributed by atoms with van der Waals surface area (Å²) in [5.41, 5.74) is 0. The zero-order chi connectivity index (χ0) is 28.5. The molecule has 4 aromatic rings. The van der Waals surface area contributed by atoms with Crippen LogP contribution < -0.4 is 20.7 Å². The second kappa shape index (κ2) is 11.2. The molecule has 0 aliphatic carbocycles. The van der Waals surface area contributed by atoms with E-state index < -0.39 is 42.8 Å². The van der Waals surface area contributed by atoms with Gasteiger partial charge in [0.15, 0.2) is 0 Å². The van der Waals surface area contributed by atoms with Crippen molar-refractivity contribution in [1.29, 1.82) is 0 Å². The highest BCUT2D eigenvalue weighted by molar-refractivity contribution is 7.09. The molecule has 1 heterocycles. The molecular formula is C30H38O5Si5. The molecule has 4 aromatic carbocycles. The van der Waals surface area contributed by atoms with Gasteiger partial charge in [-0.2, -0.15) is 0 Å². The molecule has 10 heteroatoms. The Kier molecular flexibility index (Phi) is 8.20. The van der Waals surface area contributed by atoms with Gasteiger partial charge in [0.1, 0.15) is 0 Å². The van der Waals surface area contributed by atoms with Crippen LogP contribution >= 0.6 is 0 Å². The monoisotopic (exact) mass is 618 g/mol. The van der Waals surface area contributed by atoms with Crippen molar-refractivity contribution in [3.05, 3.63) is 121 Å². The molecule has 0 aromatic heterocycles. The standard InChI is InChI=1S/C30H38O5Si5/c1-36(2)31-37(3,4)33-39(27-19-11-7-12-20-27,28-21-13-8-14-22-28)35-40(34-38(5,6)32-36,29-23-15-9-16-24-29)30-25-17-10-18-26-30/h7-26H,1-6H3. The Morgan fingerprint density at radius 1 is 0.300 bits per heavy atom. The zero-order valence-electron chi connectivity index (χ0n) is 24.1. The second-order valence-corrected chi connectivity index (χ2v) is 28.7. The molecule has 1 fully saturated rings. The van der Waals surface area contributed by atoms with E-state index in [1.165, 1.54) is 0 Å². The van der Waals surface area contributed by atoms with Crippen LogP contribution in [0.2, 0.25) is 39.3 Å². The summed E-state index contributed by atoms with van der Waals surface area (Å²) in [5, 5.41) is 4.10. The van der Waals surface area contributed by atoms with Crippen LogP contribution in [0.1, 0.15) is 0 Å². The molecule has 208 valence electrons. The van der Waals surface area contributed by atoms with E-state index in [2.05, 4.69) is 136 Å². The van der Waals surface area contributed by atoms with Crippen molar-refractivity contribution < 1.29 is 20.6 Å². The highest BCUT2D eigenvalue weighted by atomic mass is 28.5. The SMILES string of the molecule is C[Si]1(C)O[Si](C)(C)O[Si](c2ccccc2)(c2ccccc2)O[Si](c2ccccc2)(c2ccccc2)O[Si](C)(C)O1. The maximum Gasteiger partial charge on any atom is 0.389 e. The van der Waals surface area contributed by atoms with Gasteiger partial charge in [-0.1, -0.05) is 121 Å². The summed E-state index contributed by atoms with van der Waals surface area (Å²) in [7, 11) is -15.3. The normalized spacial score (nSPS) is 21.2. The van der Waals surface area contributed by atoms with Gasteiger partial charge in [-0.25, -0.2) is 0 Å². The van der Waals surface area contributed by atoms with Crippen LogP contribution in [0.25, 0.3) is 0 Å². The first-order chi connectivity index (χ1) is 19.0. The van der Waals surface area contributed by atoms with E-state index in [1.807, 2.05) is 24.3 Å². The third kappa shape index (κ3) is 6.16. The smallest absolute Gasteiger partial charge is 0.389 e. The molecule has 1 saturated heterocycles. The first-order valence-corrected chi connectivity index (χ1v) is 25.8. The van der Waals surface area contributed by atoms with E-state index in [0.717, 1.165) is 20.7 Å². The van der Waals surface area contributed by atoms with Gasteiger partial charge in [-0.05, 0) is 60.0 Å². The van der Waals surface area contributed by atoms with Crippen molar-refractivity contribution in [1.82, 2.24) is 0 Å². The molecular weight excluding hydrogens is 581 g/mol. The van der Waals surface area contributed by atoms with Crippen LogP contribution in [0, 0.1) is 0 Å². The molecule has 1 aliphatic rings. The van der Waals surface area contributed by atoms with E-state index in [-0.39, 0.29) is 0 Å². The highest BCUT2D eigenvalue weighted by Gasteiger charge is 2.60. The van der Waals surface area contributed by atoms with E-state index in [0.29, 0.717) is 0 Å². The average Bonchev–Trinajstić information content (AvgIpc) is 2.92. The van der Waals surface area contributed by atoms with Crippen molar-refractivity contribution in [2.45, 2.75) is 39.3 Å². The van der Waals surface area contributed by atoms with E-state index in [1.54, 1.807) is 0 Å². The fraction of sp³-hybridized carbons (Fsp3) is 0.200. The molecule has 0 atom stereocenters. The van der Waals surface area contributed by atoms with Gasteiger partial charge in [0.25, 0.3) is 0 Å². The van der Waals surface area contributed by atoms with Gasteiger partial charge in [0.05, 0.1) is 0 Å².